The Balaban J connectivity index is 1.84. The van der Waals surface area contributed by atoms with Gasteiger partial charge in [0.1, 0.15) is 6.33 Å². The summed E-state index contributed by atoms with van der Waals surface area (Å²) in [6, 6.07) is 15.8. The van der Waals surface area contributed by atoms with Gasteiger partial charge in [0.25, 0.3) is 0 Å². The van der Waals surface area contributed by atoms with Crippen LogP contribution in [0.2, 0.25) is 0 Å². The van der Waals surface area contributed by atoms with Crippen LogP contribution in [0.3, 0.4) is 0 Å². The van der Waals surface area contributed by atoms with Crippen molar-refractivity contribution in [3.05, 3.63) is 54.9 Å². The minimum Gasteiger partial charge on any atom is -0.326 e. The van der Waals surface area contributed by atoms with Crippen molar-refractivity contribution in [1.82, 2.24) is 9.55 Å². The lowest BCUT2D eigenvalue weighted by Gasteiger charge is -2.11. The summed E-state index contributed by atoms with van der Waals surface area (Å²) in [7, 11) is 0. The summed E-state index contributed by atoms with van der Waals surface area (Å²) in [5.74, 6) is 0.0839. The van der Waals surface area contributed by atoms with Crippen molar-refractivity contribution in [1.29, 1.82) is 0 Å². The second kappa shape index (κ2) is 6.02. The molecule has 0 aliphatic rings. The van der Waals surface area contributed by atoms with Crippen LogP contribution >= 0.6 is 0 Å². The van der Waals surface area contributed by atoms with Gasteiger partial charge in [0, 0.05) is 17.3 Å². The molecule has 112 valence electrons. The van der Waals surface area contributed by atoms with Gasteiger partial charge in [-0.2, -0.15) is 0 Å². The van der Waals surface area contributed by atoms with E-state index >= 15 is 0 Å². The molecule has 3 rings (SSSR count). The average molecular weight is 293 g/mol. The SMILES string of the molecule is CCC(C)C(=O)Nc1ccc(-n2cnc3ccccc32)cc1. The summed E-state index contributed by atoms with van der Waals surface area (Å²) in [5, 5.41) is 2.94. The molecular weight excluding hydrogens is 274 g/mol. The number of nitrogens with zero attached hydrogens (tertiary/aromatic N) is 2. The number of benzene rings is 2. The number of nitrogens with one attached hydrogen (secondary N) is 1. The van der Waals surface area contributed by atoms with E-state index in [1.54, 1.807) is 0 Å². The summed E-state index contributed by atoms with van der Waals surface area (Å²) in [6.07, 6.45) is 2.66. The van der Waals surface area contributed by atoms with Crippen LogP contribution in [0.25, 0.3) is 16.7 Å². The number of aromatic nitrogens is 2. The maximum Gasteiger partial charge on any atom is 0.227 e. The minimum absolute atomic E-state index is 0.0252. The number of para-hydroxylation sites is 2. The Hall–Kier alpha value is -2.62. The third-order valence-corrected chi connectivity index (χ3v) is 3.93. The van der Waals surface area contributed by atoms with Gasteiger partial charge in [-0.1, -0.05) is 26.0 Å². The average Bonchev–Trinajstić information content (AvgIpc) is 2.99. The Bertz CT molecular complexity index is 789. The Kier molecular flexibility index (Phi) is 3.92. The topological polar surface area (TPSA) is 46.9 Å². The molecule has 22 heavy (non-hydrogen) atoms. The zero-order valence-electron chi connectivity index (χ0n) is 12.8. The predicted octanol–water partition coefficient (Wildman–Crippen LogP) is 4.01. The number of amides is 1. The van der Waals surface area contributed by atoms with E-state index in [2.05, 4.69) is 10.3 Å². The van der Waals surface area contributed by atoms with Crippen molar-refractivity contribution in [3.8, 4) is 5.69 Å². The van der Waals surface area contributed by atoms with E-state index in [-0.39, 0.29) is 11.8 Å². The minimum atomic E-state index is 0.0252. The molecule has 1 atom stereocenters. The van der Waals surface area contributed by atoms with Crippen molar-refractivity contribution >= 4 is 22.6 Å². The molecule has 0 radical (unpaired) electrons. The molecule has 4 heteroatoms. The number of rotatable bonds is 4. The van der Waals surface area contributed by atoms with Crippen molar-refractivity contribution < 1.29 is 4.79 Å². The van der Waals surface area contributed by atoms with Gasteiger partial charge in [-0.05, 0) is 42.8 Å². The van der Waals surface area contributed by atoms with E-state index in [0.717, 1.165) is 28.8 Å². The lowest BCUT2D eigenvalue weighted by atomic mass is 10.1. The Morgan fingerprint density at radius 1 is 1.18 bits per heavy atom. The van der Waals surface area contributed by atoms with Crippen molar-refractivity contribution in [2.24, 2.45) is 5.92 Å². The van der Waals surface area contributed by atoms with E-state index in [1.807, 2.05) is 73.3 Å². The van der Waals surface area contributed by atoms with E-state index in [4.69, 9.17) is 0 Å². The standard InChI is InChI=1S/C18H19N3O/c1-3-13(2)18(22)20-14-8-10-15(11-9-14)21-12-19-16-6-4-5-7-17(16)21/h4-13H,3H2,1-2H3,(H,20,22). The smallest absolute Gasteiger partial charge is 0.227 e. The van der Waals surface area contributed by atoms with Crippen LogP contribution in [0.1, 0.15) is 20.3 Å². The molecule has 0 saturated heterocycles. The van der Waals surface area contributed by atoms with E-state index in [1.165, 1.54) is 0 Å². The van der Waals surface area contributed by atoms with Gasteiger partial charge in [0.2, 0.25) is 5.91 Å². The third kappa shape index (κ3) is 2.72. The molecule has 1 heterocycles. The molecule has 1 unspecified atom stereocenters. The molecule has 0 spiro atoms. The highest BCUT2D eigenvalue weighted by Gasteiger charge is 2.10. The van der Waals surface area contributed by atoms with Crippen molar-refractivity contribution in [3.63, 3.8) is 0 Å². The molecule has 4 nitrogen and oxygen atoms in total. The van der Waals surface area contributed by atoms with Crippen LogP contribution in [-0.4, -0.2) is 15.5 Å². The second-order valence-electron chi connectivity index (χ2n) is 5.45. The van der Waals surface area contributed by atoms with Crippen molar-refractivity contribution in [2.45, 2.75) is 20.3 Å². The second-order valence-corrected chi connectivity index (χ2v) is 5.45. The maximum absolute atomic E-state index is 11.9. The predicted molar refractivity (Wildman–Crippen MR) is 89.2 cm³/mol. The summed E-state index contributed by atoms with van der Waals surface area (Å²) in [4.78, 5) is 16.3. The van der Waals surface area contributed by atoms with Gasteiger partial charge >= 0.3 is 0 Å². The van der Waals surface area contributed by atoms with Gasteiger partial charge < -0.3 is 5.32 Å². The quantitative estimate of drug-likeness (QED) is 0.790. The van der Waals surface area contributed by atoms with Crippen LogP contribution in [0.4, 0.5) is 5.69 Å². The first-order valence-corrected chi connectivity index (χ1v) is 7.52. The first-order valence-electron chi connectivity index (χ1n) is 7.52. The molecule has 1 amide bonds. The fourth-order valence-corrected chi connectivity index (χ4v) is 2.32. The number of fused-ring (bicyclic) bond motifs is 1. The fourth-order valence-electron chi connectivity index (χ4n) is 2.32. The van der Waals surface area contributed by atoms with Crippen LogP contribution in [-0.2, 0) is 4.79 Å². The first kappa shape index (κ1) is 14.3. The highest BCUT2D eigenvalue weighted by Crippen LogP contribution is 2.20. The lowest BCUT2D eigenvalue weighted by Crippen LogP contribution is -2.19. The maximum atomic E-state index is 11.9. The summed E-state index contributed by atoms with van der Waals surface area (Å²) in [5.41, 5.74) is 3.88. The molecule has 1 aromatic heterocycles. The number of hydrogen-bond acceptors (Lipinski definition) is 2. The van der Waals surface area contributed by atoms with E-state index in [9.17, 15) is 4.79 Å². The van der Waals surface area contributed by atoms with Gasteiger partial charge in [-0.15, -0.1) is 0 Å². The van der Waals surface area contributed by atoms with Crippen LogP contribution < -0.4 is 5.32 Å². The van der Waals surface area contributed by atoms with Crippen molar-refractivity contribution in [2.75, 3.05) is 5.32 Å². The molecule has 3 aromatic rings. The monoisotopic (exact) mass is 293 g/mol. The van der Waals surface area contributed by atoms with Crippen LogP contribution in [0.5, 0.6) is 0 Å². The lowest BCUT2D eigenvalue weighted by molar-refractivity contribution is -0.119. The molecule has 0 saturated carbocycles. The molecular formula is C18H19N3O. The van der Waals surface area contributed by atoms with Crippen LogP contribution in [0.15, 0.2) is 54.9 Å². The van der Waals surface area contributed by atoms with E-state index in [0.29, 0.717) is 0 Å². The molecule has 0 aliphatic carbocycles. The van der Waals surface area contributed by atoms with Gasteiger partial charge in [-0.25, -0.2) is 4.98 Å². The Morgan fingerprint density at radius 2 is 1.91 bits per heavy atom. The largest absolute Gasteiger partial charge is 0.326 e. The zero-order valence-corrected chi connectivity index (χ0v) is 12.8. The number of carbonyl (C=O) groups is 1. The molecule has 0 bridgehead atoms. The van der Waals surface area contributed by atoms with Crippen LogP contribution in [0, 0.1) is 5.92 Å². The molecule has 0 fully saturated rings. The normalized spacial score (nSPS) is 12.3. The summed E-state index contributed by atoms with van der Waals surface area (Å²) < 4.78 is 2.04. The van der Waals surface area contributed by atoms with Gasteiger partial charge in [0.05, 0.1) is 11.0 Å². The molecule has 0 aliphatic heterocycles. The number of carbonyl (C=O) groups excluding carboxylic acids is 1. The highest BCUT2D eigenvalue weighted by molar-refractivity contribution is 5.92. The molecule has 2 aromatic carbocycles. The van der Waals surface area contributed by atoms with Gasteiger partial charge in [0.15, 0.2) is 0 Å². The number of imidazole rings is 1. The molecule has 1 N–H and O–H groups in total. The first-order chi connectivity index (χ1) is 10.7. The number of hydrogen-bond donors (Lipinski definition) is 1. The Labute approximate surface area is 129 Å². The summed E-state index contributed by atoms with van der Waals surface area (Å²) >= 11 is 0. The Morgan fingerprint density at radius 3 is 2.64 bits per heavy atom. The third-order valence-electron chi connectivity index (χ3n) is 3.93. The number of anilines is 1. The van der Waals surface area contributed by atoms with Gasteiger partial charge in [-0.3, -0.25) is 9.36 Å². The highest BCUT2D eigenvalue weighted by atomic mass is 16.1. The zero-order chi connectivity index (χ0) is 15.5. The summed E-state index contributed by atoms with van der Waals surface area (Å²) in [6.45, 7) is 3.94. The fraction of sp³-hybridized carbons (Fsp3) is 0.222. The van der Waals surface area contributed by atoms with E-state index < -0.39 is 0 Å².